The summed E-state index contributed by atoms with van der Waals surface area (Å²) in [5.74, 6) is 3.93. The third-order valence-electron chi connectivity index (χ3n) is 6.08. The zero-order valence-electron chi connectivity index (χ0n) is 19.3. The molecule has 180 valence electrons. The summed E-state index contributed by atoms with van der Waals surface area (Å²) >= 11 is 0. The standard InChI is InChI=1S/C25H27N7O3/c1-2-4-17(5-3-1)21-13-20(34-30-21)15-26-25-27-19(16-32-8-10-33-11-9-32)12-23(29-25)28-24-14-22(35-31-24)18-6-7-18/h1-5,12-14,18H,6-11,15-16H2,(H2,26,27,28,29,31). The Hall–Kier alpha value is -3.76. The van der Waals surface area contributed by atoms with E-state index in [4.69, 9.17) is 18.8 Å². The van der Waals surface area contributed by atoms with Gasteiger partial charge in [0.1, 0.15) is 17.3 Å². The Labute approximate surface area is 202 Å². The van der Waals surface area contributed by atoms with E-state index in [0.29, 0.717) is 42.4 Å². The Balaban J connectivity index is 1.18. The summed E-state index contributed by atoms with van der Waals surface area (Å²) in [5.41, 5.74) is 2.71. The number of aromatic nitrogens is 4. The number of hydrogen-bond donors (Lipinski definition) is 2. The number of benzene rings is 1. The monoisotopic (exact) mass is 473 g/mol. The largest absolute Gasteiger partial charge is 0.379 e. The van der Waals surface area contributed by atoms with E-state index in [2.05, 4.69) is 30.8 Å². The lowest BCUT2D eigenvalue weighted by Crippen LogP contribution is -2.36. The van der Waals surface area contributed by atoms with Crippen molar-refractivity contribution >= 4 is 17.6 Å². The summed E-state index contributed by atoms with van der Waals surface area (Å²) in [6.07, 6.45) is 2.32. The molecule has 0 unspecified atom stereocenters. The fourth-order valence-corrected chi connectivity index (χ4v) is 4.06. The first-order chi connectivity index (χ1) is 17.3. The Morgan fingerprint density at radius 2 is 1.77 bits per heavy atom. The van der Waals surface area contributed by atoms with Gasteiger partial charge >= 0.3 is 0 Å². The molecule has 35 heavy (non-hydrogen) atoms. The highest BCUT2D eigenvalue weighted by Gasteiger charge is 2.28. The highest BCUT2D eigenvalue weighted by atomic mass is 16.5. The second kappa shape index (κ2) is 9.85. The van der Waals surface area contributed by atoms with Gasteiger partial charge in [0.25, 0.3) is 0 Å². The normalized spacial score (nSPS) is 16.3. The van der Waals surface area contributed by atoms with Crippen LogP contribution in [0.25, 0.3) is 11.3 Å². The zero-order chi connectivity index (χ0) is 23.5. The number of nitrogens with zero attached hydrogens (tertiary/aromatic N) is 5. The van der Waals surface area contributed by atoms with Crippen LogP contribution in [0.3, 0.4) is 0 Å². The maximum absolute atomic E-state index is 5.52. The number of morpholine rings is 1. The van der Waals surface area contributed by atoms with Crippen LogP contribution in [-0.4, -0.2) is 51.5 Å². The van der Waals surface area contributed by atoms with Crippen molar-refractivity contribution in [3.63, 3.8) is 0 Å². The maximum atomic E-state index is 5.52. The SMILES string of the molecule is c1ccc(-c2cc(CNc3nc(CN4CCOCC4)cc(Nc4cc(C5CC5)on4)n3)on2)cc1. The van der Waals surface area contributed by atoms with Crippen molar-refractivity contribution in [2.45, 2.75) is 31.8 Å². The third kappa shape index (κ3) is 5.50. The Morgan fingerprint density at radius 1 is 0.914 bits per heavy atom. The van der Waals surface area contributed by atoms with E-state index in [1.54, 1.807) is 0 Å². The van der Waals surface area contributed by atoms with Crippen molar-refractivity contribution in [1.82, 2.24) is 25.2 Å². The molecular formula is C25H27N7O3. The molecular weight excluding hydrogens is 446 g/mol. The van der Waals surface area contributed by atoms with Crippen molar-refractivity contribution in [3.8, 4) is 11.3 Å². The van der Waals surface area contributed by atoms with Gasteiger partial charge in [0, 0.05) is 49.3 Å². The minimum atomic E-state index is 0.413. The van der Waals surface area contributed by atoms with E-state index >= 15 is 0 Å². The summed E-state index contributed by atoms with van der Waals surface area (Å²) in [6.45, 7) is 4.35. The molecule has 4 aromatic rings. The van der Waals surface area contributed by atoms with Gasteiger partial charge in [0.2, 0.25) is 5.95 Å². The van der Waals surface area contributed by atoms with Crippen molar-refractivity contribution in [1.29, 1.82) is 0 Å². The fraction of sp³-hybridized carbons (Fsp3) is 0.360. The fourth-order valence-electron chi connectivity index (χ4n) is 4.06. The summed E-state index contributed by atoms with van der Waals surface area (Å²) in [7, 11) is 0. The lowest BCUT2D eigenvalue weighted by atomic mass is 10.1. The van der Waals surface area contributed by atoms with Gasteiger partial charge in [-0.2, -0.15) is 4.98 Å². The van der Waals surface area contributed by atoms with E-state index in [-0.39, 0.29) is 0 Å². The molecule has 1 aromatic carbocycles. The van der Waals surface area contributed by atoms with Crippen LogP contribution in [-0.2, 0) is 17.8 Å². The minimum absolute atomic E-state index is 0.413. The predicted molar refractivity (Wildman–Crippen MR) is 129 cm³/mol. The van der Waals surface area contributed by atoms with Crippen LogP contribution >= 0.6 is 0 Å². The Kier molecular flexibility index (Phi) is 6.12. The van der Waals surface area contributed by atoms with Crippen LogP contribution in [0.15, 0.2) is 57.6 Å². The molecule has 10 heteroatoms. The molecule has 2 fully saturated rings. The number of ether oxygens (including phenoxy) is 1. The predicted octanol–water partition coefficient (Wildman–Crippen LogP) is 4.18. The summed E-state index contributed by atoms with van der Waals surface area (Å²) in [5, 5.41) is 14.9. The average molecular weight is 474 g/mol. The van der Waals surface area contributed by atoms with Gasteiger partial charge < -0.3 is 24.4 Å². The van der Waals surface area contributed by atoms with Gasteiger partial charge in [-0.3, -0.25) is 4.90 Å². The molecule has 0 spiro atoms. The molecule has 1 saturated heterocycles. The Bertz CT molecular complexity index is 1260. The van der Waals surface area contributed by atoms with Crippen molar-refractivity contribution < 1.29 is 13.8 Å². The molecule has 0 radical (unpaired) electrons. The number of rotatable bonds is 9. The first-order valence-electron chi connectivity index (χ1n) is 11.9. The number of anilines is 3. The molecule has 10 nitrogen and oxygen atoms in total. The molecule has 4 heterocycles. The highest BCUT2D eigenvalue weighted by molar-refractivity contribution is 5.58. The average Bonchev–Trinajstić information content (AvgIpc) is 3.45. The van der Waals surface area contributed by atoms with Gasteiger partial charge in [-0.1, -0.05) is 40.6 Å². The van der Waals surface area contributed by atoms with Crippen molar-refractivity contribution in [3.05, 3.63) is 65.7 Å². The van der Waals surface area contributed by atoms with Crippen LogP contribution in [0.2, 0.25) is 0 Å². The van der Waals surface area contributed by atoms with Crippen molar-refractivity contribution in [2.24, 2.45) is 0 Å². The van der Waals surface area contributed by atoms with E-state index in [9.17, 15) is 0 Å². The second-order valence-electron chi connectivity index (χ2n) is 8.87. The number of nitrogens with one attached hydrogen (secondary N) is 2. The molecule has 1 saturated carbocycles. The highest BCUT2D eigenvalue weighted by Crippen LogP contribution is 2.41. The van der Waals surface area contributed by atoms with Crippen LogP contribution in [0, 0.1) is 0 Å². The van der Waals surface area contributed by atoms with Gasteiger partial charge in [0.05, 0.1) is 25.5 Å². The van der Waals surface area contributed by atoms with E-state index in [1.807, 2.05) is 48.5 Å². The molecule has 1 aliphatic carbocycles. The van der Waals surface area contributed by atoms with Crippen LogP contribution in [0.1, 0.15) is 36.0 Å². The molecule has 2 aliphatic rings. The minimum Gasteiger partial charge on any atom is -0.379 e. The summed E-state index contributed by atoms with van der Waals surface area (Å²) in [4.78, 5) is 11.7. The van der Waals surface area contributed by atoms with E-state index in [1.165, 1.54) is 0 Å². The third-order valence-corrected chi connectivity index (χ3v) is 6.08. The van der Waals surface area contributed by atoms with Crippen LogP contribution < -0.4 is 10.6 Å². The van der Waals surface area contributed by atoms with Crippen molar-refractivity contribution in [2.75, 3.05) is 36.9 Å². The van der Waals surface area contributed by atoms with Crippen LogP contribution in [0.5, 0.6) is 0 Å². The first kappa shape index (κ1) is 21.8. The quantitative estimate of drug-likeness (QED) is 0.367. The van der Waals surface area contributed by atoms with Crippen LogP contribution in [0.4, 0.5) is 17.6 Å². The lowest BCUT2D eigenvalue weighted by molar-refractivity contribution is 0.0336. The zero-order valence-corrected chi connectivity index (χ0v) is 19.3. The van der Waals surface area contributed by atoms with Gasteiger partial charge in [-0.15, -0.1) is 0 Å². The molecule has 3 aromatic heterocycles. The smallest absolute Gasteiger partial charge is 0.225 e. The van der Waals surface area contributed by atoms with E-state index in [0.717, 1.165) is 61.9 Å². The van der Waals surface area contributed by atoms with E-state index < -0.39 is 0 Å². The summed E-state index contributed by atoms with van der Waals surface area (Å²) in [6, 6.07) is 15.8. The maximum Gasteiger partial charge on any atom is 0.225 e. The molecule has 6 rings (SSSR count). The molecule has 0 atom stereocenters. The Morgan fingerprint density at radius 3 is 2.60 bits per heavy atom. The molecule has 0 bridgehead atoms. The molecule has 2 N–H and O–H groups in total. The second-order valence-corrected chi connectivity index (χ2v) is 8.87. The number of hydrogen-bond acceptors (Lipinski definition) is 10. The summed E-state index contributed by atoms with van der Waals surface area (Å²) < 4.78 is 16.5. The molecule has 0 amide bonds. The lowest BCUT2D eigenvalue weighted by Gasteiger charge is -2.26. The van der Waals surface area contributed by atoms with Gasteiger partial charge in [-0.25, -0.2) is 4.98 Å². The van der Waals surface area contributed by atoms with Gasteiger partial charge in [-0.05, 0) is 12.8 Å². The molecule has 1 aliphatic heterocycles. The topological polar surface area (TPSA) is 114 Å². The van der Waals surface area contributed by atoms with Gasteiger partial charge in [0.15, 0.2) is 11.6 Å². The first-order valence-corrected chi connectivity index (χ1v) is 11.9.